The fourth-order valence-electron chi connectivity index (χ4n) is 2.61. The summed E-state index contributed by atoms with van der Waals surface area (Å²) in [5.41, 5.74) is 1.97. The minimum Gasteiger partial charge on any atom is -0.453 e. The highest BCUT2D eigenvalue weighted by Gasteiger charge is 2.20. The third kappa shape index (κ3) is 2.71. The molecule has 1 saturated heterocycles. The van der Waals surface area contributed by atoms with Crippen molar-refractivity contribution in [1.29, 1.82) is 0 Å². The molecular weight excluding hydrogens is 240 g/mol. The first kappa shape index (κ1) is 12.4. The van der Waals surface area contributed by atoms with Gasteiger partial charge in [0.1, 0.15) is 5.58 Å². The Hall–Kier alpha value is -1.61. The van der Waals surface area contributed by atoms with Crippen molar-refractivity contribution in [3.8, 4) is 0 Å². The maximum atomic E-state index is 12.2. The number of ketones is 1. The third-order valence-electron chi connectivity index (χ3n) is 3.76. The molecule has 1 aliphatic heterocycles. The molecule has 3 nitrogen and oxygen atoms in total. The Balaban J connectivity index is 1.77. The van der Waals surface area contributed by atoms with Crippen LogP contribution in [0.1, 0.15) is 35.4 Å². The third-order valence-corrected chi connectivity index (χ3v) is 3.76. The maximum Gasteiger partial charge on any atom is 0.198 e. The van der Waals surface area contributed by atoms with Crippen LogP contribution in [0.2, 0.25) is 0 Å². The molecule has 2 heterocycles. The van der Waals surface area contributed by atoms with E-state index < -0.39 is 0 Å². The molecule has 0 spiro atoms. The van der Waals surface area contributed by atoms with Gasteiger partial charge in [0.15, 0.2) is 11.5 Å². The molecule has 19 heavy (non-hydrogen) atoms. The highest BCUT2D eigenvalue weighted by molar-refractivity contribution is 5.97. The van der Waals surface area contributed by atoms with Gasteiger partial charge in [0, 0.05) is 25.0 Å². The number of ether oxygens (including phenoxy) is 1. The molecule has 0 bridgehead atoms. The molecule has 1 aromatic carbocycles. The summed E-state index contributed by atoms with van der Waals surface area (Å²) < 4.78 is 11.0. The van der Waals surface area contributed by atoms with E-state index in [2.05, 4.69) is 0 Å². The van der Waals surface area contributed by atoms with Gasteiger partial charge in [-0.05, 0) is 43.9 Å². The predicted octanol–water partition coefficient (Wildman–Crippen LogP) is 3.74. The zero-order valence-corrected chi connectivity index (χ0v) is 11.1. The number of Topliss-reactive ketones (excluding diaryl/α,β-unsaturated/α-hetero) is 1. The standard InChI is InChI=1S/C16H18O3/c1-11-2-3-15-13(8-11)10-16(19-15)14(17)9-12-4-6-18-7-5-12/h2-3,8,10,12H,4-7,9H2,1H3. The second-order valence-corrected chi connectivity index (χ2v) is 5.33. The van der Waals surface area contributed by atoms with E-state index in [0.717, 1.165) is 37.0 Å². The van der Waals surface area contributed by atoms with Gasteiger partial charge < -0.3 is 9.15 Å². The van der Waals surface area contributed by atoms with Crippen LogP contribution in [0.4, 0.5) is 0 Å². The van der Waals surface area contributed by atoms with Crippen molar-refractivity contribution in [1.82, 2.24) is 0 Å². The lowest BCUT2D eigenvalue weighted by Gasteiger charge is -2.20. The monoisotopic (exact) mass is 258 g/mol. The number of fused-ring (bicyclic) bond motifs is 1. The molecule has 0 amide bonds. The summed E-state index contributed by atoms with van der Waals surface area (Å²) in [4.78, 5) is 12.2. The molecule has 0 unspecified atom stereocenters. The summed E-state index contributed by atoms with van der Waals surface area (Å²) in [6.07, 6.45) is 2.53. The van der Waals surface area contributed by atoms with Crippen molar-refractivity contribution < 1.29 is 13.9 Å². The first-order valence-corrected chi connectivity index (χ1v) is 6.83. The van der Waals surface area contributed by atoms with Crippen molar-refractivity contribution in [2.75, 3.05) is 13.2 Å². The van der Waals surface area contributed by atoms with Crippen LogP contribution in [0.25, 0.3) is 11.0 Å². The van der Waals surface area contributed by atoms with Crippen LogP contribution in [0, 0.1) is 12.8 Å². The summed E-state index contributed by atoms with van der Waals surface area (Å²) in [6.45, 7) is 3.59. The van der Waals surface area contributed by atoms with E-state index in [-0.39, 0.29) is 5.78 Å². The molecule has 0 aliphatic carbocycles. The second kappa shape index (κ2) is 5.17. The second-order valence-electron chi connectivity index (χ2n) is 5.33. The highest BCUT2D eigenvalue weighted by atomic mass is 16.5. The van der Waals surface area contributed by atoms with Gasteiger partial charge in [-0.2, -0.15) is 0 Å². The van der Waals surface area contributed by atoms with Crippen LogP contribution < -0.4 is 0 Å². The maximum absolute atomic E-state index is 12.2. The fourth-order valence-corrected chi connectivity index (χ4v) is 2.61. The zero-order valence-electron chi connectivity index (χ0n) is 11.1. The smallest absolute Gasteiger partial charge is 0.198 e. The minimum atomic E-state index is 0.112. The number of hydrogen-bond acceptors (Lipinski definition) is 3. The van der Waals surface area contributed by atoms with Gasteiger partial charge in [-0.1, -0.05) is 11.6 Å². The number of carbonyl (C=O) groups is 1. The summed E-state index contributed by atoms with van der Waals surface area (Å²) in [5, 5.41) is 1.01. The zero-order chi connectivity index (χ0) is 13.2. The van der Waals surface area contributed by atoms with Crippen LogP contribution in [-0.4, -0.2) is 19.0 Å². The summed E-state index contributed by atoms with van der Waals surface area (Å²) in [7, 11) is 0. The Morgan fingerprint density at radius 3 is 2.84 bits per heavy atom. The average molecular weight is 258 g/mol. The number of aryl methyl sites for hydroxylation is 1. The van der Waals surface area contributed by atoms with Crippen molar-refractivity contribution in [3.05, 3.63) is 35.6 Å². The first-order chi connectivity index (χ1) is 9.22. The van der Waals surface area contributed by atoms with Gasteiger partial charge >= 0.3 is 0 Å². The molecule has 3 heteroatoms. The molecule has 0 radical (unpaired) electrons. The van der Waals surface area contributed by atoms with Crippen molar-refractivity contribution in [3.63, 3.8) is 0 Å². The van der Waals surface area contributed by atoms with Crippen molar-refractivity contribution in [2.45, 2.75) is 26.2 Å². The van der Waals surface area contributed by atoms with Gasteiger partial charge in [-0.15, -0.1) is 0 Å². The van der Waals surface area contributed by atoms with Crippen LogP contribution in [-0.2, 0) is 4.74 Å². The Morgan fingerprint density at radius 2 is 2.05 bits per heavy atom. The van der Waals surface area contributed by atoms with E-state index in [1.54, 1.807) is 0 Å². The molecule has 100 valence electrons. The van der Waals surface area contributed by atoms with Gasteiger partial charge in [0.2, 0.25) is 0 Å². The van der Waals surface area contributed by atoms with Crippen molar-refractivity contribution >= 4 is 16.8 Å². The summed E-state index contributed by atoms with van der Waals surface area (Å²) >= 11 is 0. The van der Waals surface area contributed by atoms with Crippen LogP contribution in [0.3, 0.4) is 0 Å². The molecule has 0 saturated carbocycles. The number of carbonyl (C=O) groups excluding carboxylic acids is 1. The SMILES string of the molecule is Cc1ccc2oc(C(=O)CC3CCOCC3)cc2c1. The lowest BCUT2D eigenvalue weighted by molar-refractivity contribution is 0.0593. The molecule has 0 atom stereocenters. The van der Waals surface area contributed by atoms with Crippen LogP contribution in [0.15, 0.2) is 28.7 Å². The van der Waals surface area contributed by atoms with Crippen LogP contribution >= 0.6 is 0 Å². The number of hydrogen-bond donors (Lipinski definition) is 0. The lowest BCUT2D eigenvalue weighted by atomic mass is 9.94. The molecule has 3 rings (SSSR count). The normalized spacial score (nSPS) is 16.9. The van der Waals surface area contributed by atoms with E-state index in [0.29, 0.717) is 18.1 Å². The van der Waals surface area contributed by atoms with E-state index in [9.17, 15) is 4.79 Å². The minimum absolute atomic E-state index is 0.112. The molecule has 0 N–H and O–H groups in total. The molecule has 1 aliphatic rings. The summed E-state index contributed by atoms with van der Waals surface area (Å²) in [6, 6.07) is 7.84. The van der Waals surface area contributed by atoms with Gasteiger partial charge in [0.05, 0.1) is 0 Å². The number of benzene rings is 1. The number of rotatable bonds is 3. The Labute approximate surface area is 112 Å². The quantitative estimate of drug-likeness (QED) is 0.787. The lowest BCUT2D eigenvalue weighted by Crippen LogP contribution is -2.18. The van der Waals surface area contributed by atoms with Gasteiger partial charge in [-0.3, -0.25) is 4.79 Å². The van der Waals surface area contributed by atoms with Crippen LogP contribution in [0.5, 0.6) is 0 Å². The fraction of sp³-hybridized carbons (Fsp3) is 0.438. The summed E-state index contributed by atoms with van der Waals surface area (Å²) in [5.74, 6) is 1.05. The predicted molar refractivity (Wildman–Crippen MR) is 73.4 cm³/mol. The van der Waals surface area contributed by atoms with Crippen molar-refractivity contribution in [2.24, 2.45) is 5.92 Å². The van der Waals surface area contributed by atoms with Gasteiger partial charge in [0.25, 0.3) is 0 Å². The van der Waals surface area contributed by atoms with E-state index >= 15 is 0 Å². The molecule has 1 fully saturated rings. The highest BCUT2D eigenvalue weighted by Crippen LogP contribution is 2.25. The van der Waals surface area contributed by atoms with E-state index in [4.69, 9.17) is 9.15 Å². The van der Waals surface area contributed by atoms with E-state index in [1.165, 1.54) is 5.56 Å². The Kier molecular flexibility index (Phi) is 3.38. The Bertz CT molecular complexity index is 591. The molecular formula is C16H18O3. The molecule has 1 aromatic heterocycles. The average Bonchev–Trinajstić information content (AvgIpc) is 2.83. The topological polar surface area (TPSA) is 39.4 Å². The van der Waals surface area contributed by atoms with Gasteiger partial charge in [-0.25, -0.2) is 0 Å². The number of furan rings is 1. The first-order valence-electron chi connectivity index (χ1n) is 6.83. The Morgan fingerprint density at radius 1 is 1.26 bits per heavy atom. The molecule has 2 aromatic rings. The van der Waals surface area contributed by atoms with E-state index in [1.807, 2.05) is 31.2 Å². The largest absolute Gasteiger partial charge is 0.453 e.